The van der Waals surface area contributed by atoms with Crippen LogP contribution in [0.5, 0.6) is 0 Å². The summed E-state index contributed by atoms with van der Waals surface area (Å²) in [6, 6.07) is 16.6. The van der Waals surface area contributed by atoms with Gasteiger partial charge in [0.15, 0.2) is 12.6 Å². The van der Waals surface area contributed by atoms with Crippen LogP contribution in [0.15, 0.2) is 54.6 Å². The quantitative estimate of drug-likeness (QED) is 0.651. The van der Waals surface area contributed by atoms with Crippen LogP contribution < -0.4 is 0 Å². The Kier molecular flexibility index (Phi) is 3.55. The Labute approximate surface area is 127 Å². The van der Waals surface area contributed by atoms with Gasteiger partial charge in [0.25, 0.3) is 0 Å². The highest BCUT2D eigenvalue weighted by atomic mass is 35.5. The van der Waals surface area contributed by atoms with E-state index >= 15 is 0 Å². The molecule has 3 rings (SSSR count). The minimum Gasteiger partial charge on any atom is -0.298 e. The third-order valence-corrected chi connectivity index (χ3v) is 3.73. The fraction of sp³-hybridized carbons (Fsp3) is 0. The maximum absolute atomic E-state index is 11.4. The lowest BCUT2D eigenvalue weighted by molar-refractivity contribution is 0.111. The van der Waals surface area contributed by atoms with Gasteiger partial charge in [0.1, 0.15) is 0 Å². The van der Waals surface area contributed by atoms with Gasteiger partial charge in [-0.3, -0.25) is 9.59 Å². The van der Waals surface area contributed by atoms with Crippen molar-refractivity contribution in [2.24, 2.45) is 0 Å². The summed E-state index contributed by atoms with van der Waals surface area (Å²) in [7, 11) is 0. The molecule has 0 amide bonds. The molecule has 0 radical (unpaired) electrons. The number of rotatable bonds is 3. The molecule has 0 N–H and O–H groups in total. The molecule has 0 unspecified atom stereocenters. The first-order valence-corrected chi connectivity index (χ1v) is 6.84. The van der Waals surface area contributed by atoms with Crippen LogP contribution in [0, 0.1) is 0 Å². The Morgan fingerprint density at radius 3 is 2.33 bits per heavy atom. The average molecular weight is 295 g/mol. The third kappa shape index (κ3) is 2.34. The van der Waals surface area contributed by atoms with E-state index in [1.54, 1.807) is 24.3 Å². The summed E-state index contributed by atoms with van der Waals surface area (Å²) in [5, 5.41) is 2.45. The first-order chi connectivity index (χ1) is 10.2. The Balaban J connectivity index is 2.43. The van der Waals surface area contributed by atoms with Gasteiger partial charge in [0, 0.05) is 21.7 Å². The van der Waals surface area contributed by atoms with Crippen LogP contribution in [0.25, 0.3) is 21.9 Å². The molecule has 0 atom stereocenters. The molecule has 0 bridgehead atoms. The molecule has 0 spiro atoms. The smallest absolute Gasteiger partial charge is 0.150 e. The number of hydrogen-bond donors (Lipinski definition) is 0. The predicted octanol–water partition coefficient (Wildman–Crippen LogP) is 4.79. The highest BCUT2D eigenvalue weighted by Gasteiger charge is 2.13. The zero-order valence-electron chi connectivity index (χ0n) is 11.0. The van der Waals surface area contributed by atoms with Crippen LogP contribution in [0.3, 0.4) is 0 Å². The zero-order chi connectivity index (χ0) is 14.8. The molecule has 0 saturated carbocycles. The van der Waals surface area contributed by atoms with Gasteiger partial charge in [-0.15, -0.1) is 0 Å². The van der Waals surface area contributed by atoms with Crippen molar-refractivity contribution in [2.45, 2.75) is 0 Å². The molecule has 0 aliphatic carbocycles. The van der Waals surface area contributed by atoms with Gasteiger partial charge in [-0.05, 0) is 28.5 Å². The van der Waals surface area contributed by atoms with E-state index in [0.717, 1.165) is 28.9 Å². The Hall–Kier alpha value is -2.45. The van der Waals surface area contributed by atoms with E-state index < -0.39 is 0 Å². The second-order valence-electron chi connectivity index (χ2n) is 4.72. The van der Waals surface area contributed by atoms with Crippen molar-refractivity contribution in [1.82, 2.24) is 0 Å². The van der Waals surface area contributed by atoms with Crippen molar-refractivity contribution in [2.75, 3.05) is 0 Å². The Morgan fingerprint density at radius 1 is 0.810 bits per heavy atom. The fourth-order valence-electron chi connectivity index (χ4n) is 2.55. The second-order valence-corrected chi connectivity index (χ2v) is 5.15. The van der Waals surface area contributed by atoms with Crippen LogP contribution in [-0.2, 0) is 0 Å². The lowest BCUT2D eigenvalue weighted by atomic mass is 9.91. The number of halogens is 1. The average Bonchev–Trinajstić information content (AvgIpc) is 2.53. The SMILES string of the molecule is O=Cc1cc(Cl)ccc1-c1c(C=O)ccc2ccccc12. The molecular formula is C18H11ClO2. The summed E-state index contributed by atoms with van der Waals surface area (Å²) in [6.45, 7) is 0. The second kappa shape index (κ2) is 5.51. The van der Waals surface area contributed by atoms with Crippen molar-refractivity contribution in [1.29, 1.82) is 0 Å². The third-order valence-electron chi connectivity index (χ3n) is 3.50. The molecule has 102 valence electrons. The number of hydrogen-bond acceptors (Lipinski definition) is 2. The molecule has 2 nitrogen and oxygen atoms in total. The standard InChI is InChI=1S/C18H11ClO2/c19-15-7-8-17(14(9-15)11-21)18-13(10-20)6-5-12-3-1-2-4-16(12)18/h1-11H. The van der Waals surface area contributed by atoms with Crippen LogP contribution in [0.4, 0.5) is 0 Å². The first kappa shape index (κ1) is 13.5. The van der Waals surface area contributed by atoms with Gasteiger partial charge in [0.05, 0.1) is 0 Å². The summed E-state index contributed by atoms with van der Waals surface area (Å²) in [6.07, 6.45) is 1.57. The lowest BCUT2D eigenvalue weighted by Crippen LogP contribution is -1.94. The monoisotopic (exact) mass is 294 g/mol. The Bertz CT molecular complexity index is 853. The van der Waals surface area contributed by atoms with Gasteiger partial charge in [-0.2, -0.15) is 0 Å². The van der Waals surface area contributed by atoms with E-state index in [2.05, 4.69) is 0 Å². The van der Waals surface area contributed by atoms with E-state index in [-0.39, 0.29) is 0 Å². The lowest BCUT2D eigenvalue weighted by Gasteiger charge is -2.12. The van der Waals surface area contributed by atoms with Crippen LogP contribution in [0.2, 0.25) is 5.02 Å². The largest absolute Gasteiger partial charge is 0.298 e. The number of carbonyl (C=O) groups is 2. The maximum Gasteiger partial charge on any atom is 0.150 e. The van der Waals surface area contributed by atoms with E-state index in [1.165, 1.54) is 0 Å². The van der Waals surface area contributed by atoms with Gasteiger partial charge < -0.3 is 0 Å². The number of fused-ring (bicyclic) bond motifs is 1. The van der Waals surface area contributed by atoms with E-state index in [4.69, 9.17) is 11.6 Å². The van der Waals surface area contributed by atoms with Gasteiger partial charge >= 0.3 is 0 Å². The molecule has 3 aromatic rings. The van der Waals surface area contributed by atoms with Crippen molar-refractivity contribution in [3.8, 4) is 11.1 Å². The molecule has 0 aromatic heterocycles. The van der Waals surface area contributed by atoms with E-state index in [9.17, 15) is 9.59 Å². The zero-order valence-corrected chi connectivity index (χ0v) is 11.8. The minimum atomic E-state index is 0.474. The fourth-order valence-corrected chi connectivity index (χ4v) is 2.73. The minimum absolute atomic E-state index is 0.474. The van der Waals surface area contributed by atoms with Gasteiger partial charge in [-0.25, -0.2) is 0 Å². The van der Waals surface area contributed by atoms with Gasteiger partial charge in [-0.1, -0.05) is 54.1 Å². The highest BCUT2D eigenvalue weighted by molar-refractivity contribution is 6.31. The topological polar surface area (TPSA) is 34.1 Å². The molecule has 3 aromatic carbocycles. The van der Waals surface area contributed by atoms with Crippen LogP contribution in [0.1, 0.15) is 20.7 Å². The molecule has 3 heteroatoms. The normalized spacial score (nSPS) is 10.5. The highest BCUT2D eigenvalue weighted by Crippen LogP contribution is 2.34. The molecule has 21 heavy (non-hydrogen) atoms. The van der Waals surface area contributed by atoms with Crippen molar-refractivity contribution >= 4 is 34.9 Å². The molecular weight excluding hydrogens is 284 g/mol. The van der Waals surface area contributed by atoms with Crippen LogP contribution in [-0.4, -0.2) is 12.6 Å². The molecule has 0 saturated heterocycles. The molecule has 0 heterocycles. The molecule has 0 aliphatic heterocycles. The summed E-state index contributed by atoms with van der Waals surface area (Å²) in [5.41, 5.74) is 2.51. The molecule has 0 fully saturated rings. The summed E-state index contributed by atoms with van der Waals surface area (Å²) in [5.74, 6) is 0. The van der Waals surface area contributed by atoms with Crippen molar-refractivity contribution < 1.29 is 9.59 Å². The first-order valence-electron chi connectivity index (χ1n) is 6.46. The summed E-state index contributed by atoms with van der Waals surface area (Å²) >= 11 is 5.95. The van der Waals surface area contributed by atoms with Crippen LogP contribution >= 0.6 is 11.6 Å². The Morgan fingerprint density at radius 2 is 1.57 bits per heavy atom. The van der Waals surface area contributed by atoms with Crippen molar-refractivity contribution in [3.63, 3.8) is 0 Å². The van der Waals surface area contributed by atoms with E-state index in [0.29, 0.717) is 21.7 Å². The summed E-state index contributed by atoms with van der Waals surface area (Å²) < 4.78 is 0. The maximum atomic E-state index is 11.4. The summed E-state index contributed by atoms with van der Waals surface area (Å²) in [4.78, 5) is 22.7. The van der Waals surface area contributed by atoms with Gasteiger partial charge in [0.2, 0.25) is 0 Å². The number of aldehydes is 2. The number of carbonyl (C=O) groups excluding carboxylic acids is 2. The van der Waals surface area contributed by atoms with E-state index in [1.807, 2.05) is 30.3 Å². The predicted molar refractivity (Wildman–Crippen MR) is 85.2 cm³/mol. The number of benzene rings is 3. The molecule has 0 aliphatic rings. The van der Waals surface area contributed by atoms with Crippen molar-refractivity contribution in [3.05, 3.63) is 70.7 Å².